The quantitative estimate of drug-likeness (QED) is 0.184. The van der Waals surface area contributed by atoms with Crippen LogP contribution in [0.25, 0.3) is 10.8 Å². The predicted octanol–water partition coefficient (Wildman–Crippen LogP) is 4.28. The maximum Gasteiger partial charge on any atom is 0.339 e. The van der Waals surface area contributed by atoms with Crippen LogP contribution in [0.1, 0.15) is 15.9 Å². The van der Waals surface area contributed by atoms with Crippen molar-refractivity contribution in [1.29, 1.82) is 0 Å². The van der Waals surface area contributed by atoms with Crippen LogP contribution >= 0.6 is 0 Å². The Morgan fingerprint density at radius 2 is 1.65 bits per heavy atom. The fraction of sp³-hybridized carbons (Fsp3) is 0. The molecule has 0 aromatic heterocycles. The first-order valence-electron chi connectivity index (χ1n) is 9.94. The lowest BCUT2D eigenvalue weighted by Crippen LogP contribution is -2.18. The minimum Gasteiger partial charge on any atom is -0.378 e. The van der Waals surface area contributed by atoms with Gasteiger partial charge in [-0.2, -0.15) is 13.5 Å². The van der Waals surface area contributed by atoms with E-state index in [2.05, 4.69) is 10.5 Å². The third-order valence-corrected chi connectivity index (χ3v) is 6.05. The second-order valence-corrected chi connectivity index (χ2v) is 8.64. The van der Waals surface area contributed by atoms with Crippen molar-refractivity contribution in [2.24, 2.45) is 5.10 Å². The number of hydrogen-bond donors (Lipinski definition) is 1. The van der Waals surface area contributed by atoms with Gasteiger partial charge in [0.05, 0.1) is 11.1 Å². The van der Waals surface area contributed by atoms with Crippen LogP contribution in [0.5, 0.6) is 5.75 Å². The Kier molecular flexibility index (Phi) is 6.33. The first kappa shape index (κ1) is 22.6. The minimum absolute atomic E-state index is 0.00286. The highest BCUT2D eigenvalue weighted by Crippen LogP contribution is 2.24. The van der Waals surface area contributed by atoms with E-state index in [1.54, 1.807) is 30.3 Å². The van der Waals surface area contributed by atoms with Crippen LogP contribution in [0.4, 0.5) is 5.69 Å². The fourth-order valence-corrected chi connectivity index (χ4v) is 4.13. The lowest BCUT2D eigenvalue weighted by molar-refractivity contribution is -0.384. The Morgan fingerprint density at radius 1 is 0.912 bits per heavy atom. The van der Waals surface area contributed by atoms with Gasteiger partial charge in [-0.1, -0.05) is 48.5 Å². The molecule has 0 saturated heterocycles. The number of carbonyl (C=O) groups excluding carboxylic acids is 1. The van der Waals surface area contributed by atoms with E-state index < -0.39 is 20.9 Å². The molecule has 1 amide bonds. The van der Waals surface area contributed by atoms with Crippen molar-refractivity contribution in [3.63, 3.8) is 0 Å². The summed E-state index contributed by atoms with van der Waals surface area (Å²) in [5, 5.41) is 16.4. The van der Waals surface area contributed by atoms with Gasteiger partial charge in [-0.15, -0.1) is 0 Å². The van der Waals surface area contributed by atoms with Gasteiger partial charge in [0.1, 0.15) is 4.90 Å². The molecule has 1 N–H and O–H groups in total. The number of nitrogens with zero attached hydrogens (tertiary/aromatic N) is 2. The van der Waals surface area contributed by atoms with Gasteiger partial charge in [-0.25, -0.2) is 5.43 Å². The molecule has 0 bridgehead atoms. The third kappa shape index (κ3) is 5.08. The Hall–Kier alpha value is -4.57. The topological polar surface area (TPSA) is 128 Å². The average Bonchev–Trinajstić information content (AvgIpc) is 2.84. The zero-order valence-corrected chi connectivity index (χ0v) is 18.3. The second kappa shape index (κ2) is 9.51. The first-order valence-corrected chi connectivity index (χ1v) is 11.3. The van der Waals surface area contributed by atoms with E-state index in [0.29, 0.717) is 5.56 Å². The van der Waals surface area contributed by atoms with Crippen LogP contribution in [0.15, 0.2) is 101 Å². The minimum atomic E-state index is -4.14. The Balaban J connectivity index is 1.52. The van der Waals surface area contributed by atoms with Crippen molar-refractivity contribution in [3.8, 4) is 5.75 Å². The molecule has 9 nitrogen and oxygen atoms in total. The van der Waals surface area contributed by atoms with Gasteiger partial charge >= 0.3 is 10.1 Å². The van der Waals surface area contributed by atoms with Crippen molar-refractivity contribution in [2.45, 2.75) is 4.90 Å². The molecular weight excluding hydrogens is 458 g/mol. The highest BCUT2D eigenvalue weighted by molar-refractivity contribution is 7.87. The van der Waals surface area contributed by atoms with Crippen LogP contribution in [-0.4, -0.2) is 25.5 Å². The summed E-state index contributed by atoms with van der Waals surface area (Å²) < 4.78 is 31.1. The summed E-state index contributed by atoms with van der Waals surface area (Å²) in [6.07, 6.45) is 1.22. The normalized spacial score (nSPS) is 11.4. The molecule has 0 aliphatic carbocycles. The second-order valence-electron chi connectivity index (χ2n) is 7.09. The molecule has 34 heavy (non-hydrogen) atoms. The van der Waals surface area contributed by atoms with Crippen LogP contribution in [0, 0.1) is 10.1 Å². The molecule has 0 spiro atoms. The molecule has 4 aromatic rings. The predicted molar refractivity (Wildman–Crippen MR) is 126 cm³/mol. The number of amides is 1. The zero-order valence-electron chi connectivity index (χ0n) is 17.5. The molecule has 10 heteroatoms. The number of nitro benzene ring substituents is 1. The summed E-state index contributed by atoms with van der Waals surface area (Å²) in [4.78, 5) is 22.5. The Morgan fingerprint density at radius 3 is 2.44 bits per heavy atom. The van der Waals surface area contributed by atoms with E-state index in [4.69, 9.17) is 4.18 Å². The number of nitrogens with one attached hydrogen (secondary N) is 1. The van der Waals surface area contributed by atoms with E-state index in [1.165, 1.54) is 42.6 Å². The molecule has 0 fully saturated rings. The molecule has 0 unspecified atom stereocenters. The number of carbonyl (C=O) groups is 1. The molecule has 4 rings (SSSR count). The van der Waals surface area contributed by atoms with Crippen LogP contribution in [0.3, 0.4) is 0 Å². The first-order chi connectivity index (χ1) is 16.3. The monoisotopic (exact) mass is 475 g/mol. The summed E-state index contributed by atoms with van der Waals surface area (Å²) in [6.45, 7) is 0. The molecule has 0 aliphatic rings. The van der Waals surface area contributed by atoms with Gasteiger partial charge in [0, 0.05) is 23.3 Å². The summed E-state index contributed by atoms with van der Waals surface area (Å²) in [5.41, 5.74) is 2.38. The molecule has 0 radical (unpaired) electrons. The fourth-order valence-electron chi connectivity index (χ4n) is 3.14. The third-order valence-electron chi connectivity index (χ3n) is 4.82. The van der Waals surface area contributed by atoms with Gasteiger partial charge < -0.3 is 4.18 Å². The smallest absolute Gasteiger partial charge is 0.339 e. The lowest BCUT2D eigenvalue weighted by Gasteiger charge is -2.10. The highest BCUT2D eigenvalue weighted by atomic mass is 32.2. The van der Waals surface area contributed by atoms with Crippen LogP contribution in [0.2, 0.25) is 0 Å². The number of benzene rings is 4. The van der Waals surface area contributed by atoms with E-state index in [-0.39, 0.29) is 21.9 Å². The van der Waals surface area contributed by atoms with Crippen molar-refractivity contribution < 1.29 is 22.3 Å². The summed E-state index contributed by atoms with van der Waals surface area (Å²) in [6, 6.07) is 23.5. The summed E-state index contributed by atoms with van der Waals surface area (Å²) in [7, 11) is -4.14. The Bertz CT molecular complexity index is 1530. The van der Waals surface area contributed by atoms with Gasteiger partial charge in [0.15, 0.2) is 5.75 Å². The molecule has 0 aliphatic heterocycles. The maximum atomic E-state index is 12.9. The van der Waals surface area contributed by atoms with Crippen molar-refractivity contribution >= 4 is 38.7 Å². The van der Waals surface area contributed by atoms with Crippen molar-refractivity contribution in [3.05, 3.63) is 112 Å². The summed E-state index contributed by atoms with van der Waals surface area (Å²) in [5.74, 6) is -0.647. The van der Waals surface area contributed by atoms with Gasteiger partial charge in [-0.3, -0.25) is 14.9 Å². The average molecular weight is 475 g/mol. The van der Waals surface area contributed by atoms with Crippen LogP contribution < -0.4 is 9.61 Å². The van der Waals surface area contributed by atoms with Crippen LogP contribution in [-0.2, 0) is 10.1 Å². The van der Waals surface area contributed by atoms with Gasteiger partial charge in [0.2, 0.25) is 0 Å². The van der Waals surface area contributed by atoms with Crippen molar-refractivity contribution in [2.75, 3.05) is 0 Å². The maximum absolute atomic E-state index is 12.9. The largest absolute Gasteiger partial charge is 0.378 e. The van der Waals surface area contributed by atoms with E-state index in [1.807, 2.05) is 18.2 Å². The van der Waals surface area contributed by atoms with Gasteiger partial charge in [-0.05, 0) is 41.1 Å². The SMILES string of the molecule is O=C(N/N=C\c1ccccc1OS(=O)(=O)c1ccc2ccccc2c1)c1cccc([N+](=O)[O-])c1. The molecule has 0 atom stereocenters. The van der Waals surface area contributed by atoms with E-state index in [0.717, 1.165) is 16.8 Å². The standard InChI is InChI=1S/C24H17N3O6S/c28-24(19-9-5-10-21(14-19)27(29)30)26-25-16-20-8-3-4-11-23(20)33-34(31,32)22-13-12-17-6-1-2-7-18(17)15-22/h1-16H,(H,26,28)/b25-16-. The Labute approximate surface area is 194 Å². The van der Waals surface area contributed by atoms with E-state index in [9.17, 15) is 23.3 Å². The summed E-state index contributed by atoms with van der Waals surface area (Å²) >= 11 is 0. The molecule has 4 aromatic carbocycles. The molecule has 170 valence electrons. The lowest BCUT2D eigenvalue weighted by atomic mass is 10.1. The number of para-hydroxylation sites is 1. The zero-order chi connectivity index (χ0) is 24.1. The number of nitro groups is 1. The number of hydrazone groups is 1. The van der Waals surface area contributed by atoms with Crippen molar-refractivity contribution in [1.82, 2.24) is 5.43 Å². The number of rotatable bonds is 7. The number of non-ortho nitro benzene ring substituents is 1. The molecule has 0 heterocycles. The highest BCUT2D eigenvalue weighted by Gasteiger charge is 2.19. The number of hydrogen-bond acceptors (Lipinski definition) is 7. The van der Waals surface area contributed by atoms with E-state index >= 15 is 0 Å². The molecule has 0 saturated carbocycles. The number of fused-ring (bicyclic) bond motifs is 1. The van der Waals surface area contributed by atoms with Gasteiger partial charge in [0.25, 0.3) is 11.6 Å². The molecular formula is C24H17N3O6S.